The minimum Gasteiger partial charge on any atom is -0.496 e. The van der Waals surface area contributed by atoms with Gasteiger partial charge in [0, 0.05) is 30.4 Å². The number of hydrogen-bond donors (Lipinski definition) is 2. The summed E-state index contributed by atoms with van der Waals surface area (Å²) in [5.41, 5.74) is 2.06. The Morgan fingerprint density at radius 2 is 2.07 bits per heavy atom. The smallest absolute Gasteiger partial charge is 0.254 e. The predicted molar refractivity (Wildman–Crippen MR) is 102 cm³/mol. The molecule has 2 aromatic heterocycles. The molecule has 1 atom stereocenters. The fourth-order valence-corrected chi connectivity index (χ4v) is 3.21. The van der Waals surface area contributed by atoms with Crippen LogP contribution in [0, 0.1) is 0 Å². The van der Waals surface area contributed by atoms with Crippen LogP contribution in [-0.4, -0.2) is 32.8 Å². The average Bonchev–Trinajstić information content (AvgIpc) is 3.34. The number of aromatic nitrogens is 4. The van der Waals surface area contributed by atoms with E-state index in [0.29, 0.717) is 22.7 Å². The molecule has 0 fully saturated rings. The van der Waals surface area contributed by atoms with Crippen molar-refractivity contribution in [2.24, 2.45) is 7.05 Å². The number of H-pyrrole nitrogens is 1. The van der Waals surface area contributed by atoms with E-state index < -0.39 is 6.04 Å². The molecule has 0 aliphatic rings. The van der Waals surface area contributed by atoms with Gasteiger partial charge in [-0.2, -0.15) is 5.10 Å². The highest BCUT2D eigenvalue weighted by atomic mass is 16.5. The van der Waals surface area contributed by atoms with Gasteiger partial charge in [0.15, 0.2) is 0 Å². The number of nitrogens with one attached hydrogen (secondary N) is 2. The Hall–Kier alpha value is -3.61. The fraction of sp³-hybridized carbons (Fsp3) is 0.150. The maximum absolute atomic E-state index is 13.1. The SMILES string of the molecule is COc1ccccc1C(NC(=O)c1cccc2cn[nH]c12)c1nccn1C. The Morgan fingerprint density at radius 1 is 1.22 bits per heavy atom. The summed E-state index contributed by atoms with van der Waals surface area (Å²) in [6, 6.07) is 12.7. The summed E-state index contributed by atoms with van der Waals surface area (Å²) in [6.45, 7) is 0. The molecule has 1 unspecified atom stereocenters. The van der Waals surface area contributed by atoms with Crippen LogP contribution in [0.25, 0.3) is 10.9 Å². The van der Waals surface area contributed by atoms with Crippen molar-refractivity contribution < 1.29 is 9.53 Å². The Balaban J connectivity index is 1.77. The zero-order valence-electron chi connectivity index (χ0n) is 15.0. The zero-order chi connectivity index (χ0) is 18.8. The van der Waals surface area contributed by atoms with E-state index in [9.17, 15) is 4.79 Å². The molecule has 0 bridgehead atoms. The average molecular weight is 361 g/mol. The molecule has 0 spiro atoms. The first-order valence-electron chi connectivity index (χ1n) is 8.52. The second kappa shape index (κ2) is 6.95. The number of carbonyl (C=O) groups is 1. The number of aryl methyl sites for hydroxylation is 1. The Kier molecular flexibility index (Phi) is 4.33. The molecule has 2 N–H and O–H groups in total. The molecule has 0 saturated carbocycles. The van der Waals surface area contributed by atoms with E-state index in [1.165, 1.54) is 0 Å². The first-order chi connectivity index (χ1) is 13.2. The van der Waals surface area contributed by atoms with Crippen molar-refractivity contribution in [1.82, 2.24) is 25.1 Å². The van der Waals surface area contributed by atoms with Crippen LogP contribution >= 0.6 is 0 Å². The third-order valence-electron chi connectivity index (χ3n) is 4.56. The number of fused-ring (bicyclic) bond motifs is 1. The van der Waals surface area contributed by atoms with Gasteiger partial charge in [-0.3, -0.25) is 9.89 Å². The van der Waals surface area contributed by atoms with Crippen molar-refractivity contribution in [1.29, 1.82) is 0 Å². The van der Waals surface area contributed by atoms with Crippen molar-refractivity contribution in [2.45, 2.75) is 6.04 Å². The van der Waals surface area contributed by atoms with Crippen LogP contribution in [0.5, 0.6) is 5.75 Å². The van der Waals surface area contributed by atoms with Crippen molar-refractivity contribution in [3.63, 3.8) is 0 Å². The number of ether oxygens (including phenoxy) is 1. The van der Waals surface area contributed by atoms with Crippen LogP contribution in [0.4, 0.5) is 0 Å². The van der Waals surface area contributed by atoms with E-state index in [4.69, 9.17) is 4.74 Å². The summed E-state index contributed by atoms with van der Waals surface area (Å²) in [5.74, 6) is 1.18. The molecule has 7 heteroatoms. The highest BCUT2D eigenvalue weighted by Gasteiger charge is 2.25. The molecule has 2 heterocycles. The van der Waals surface area contributed by atoms with E-state index in [1.807, 2.05) is 54.2 Å². The molecule has 0 radical (unpaired) electrons. The second-order valence-electron chi connectivity index (χ2n) is 6.18. The van der Waals surface area contributed by atoms with Crippen molar-refractivity contribution >= 4 is 16.8 Å². The van der Waals surface area contributed by atoms with Gasteiger partial charge in [-0.05, 0) is 12.1 Å². The van der Waals surface area contributed by atoms with Crippen LogP contribution in [0.15, 0.2) is 61.1 Å². The summed E-state index contributed by atoms with van der Waals surface area (Å²) in [6.07, 6.45) is 5.25. The monoisotopic (exact) mass is 361 g/mol. The van der Waals surface area contributed by atoms with Gasteiger partial charge in [0.2, 0.25) is 0 Å². The van der Waals surface area contributed by atoms with Crippen molar-refractivity contribution in [3.8, 4) is 5.75 Å². The molecule has 0 saturated heterocycles. The molecule has 2 aromatic carbocycles. The third-order valence-corrected chi connectivity index (χ3v) is 4.56. The van der Waals surface area contributed by atoms with Crippen LogP contribution in [0.1, 0.15) is 27.8 Å². The molecule has 0 aliphatic carbocycles. The minimum atomic E-state index is -0.466. The summed E-state index contributed by atoms with van der Waals surface area (Å²) < 4.78 is 7.39. The van der Waals surface area contributed by atoms with Crippen LogP contribution in [-0.2, 0) is 7.05 Å². The third kappa shape index (κ3) is 3.03. The summed E-state index contributed by atoms with van der Waals surface area (Å²) in [7, 11) is 3.51. The molecular formula is C20H19N5O2. The van der Waals surface area contributed by atoms with Gasteiger partial charge in [-0.25, -0.2) is 4.98 Å². The number of methoxy groups -OCH3 is 1. The normalized spacial score (nSPS) is 12.1. The van der Waals surface area contributed by atoms with Gasteiger partial charge in [0.25, 0.3) is 5.91 Å². The molecule has 7 nitrogen and oxygen atoms in total. The fourth-order valence-electron chi connectivity index (χ4n) is 3.21. The highest BCUT2D eigenvalue weighted by molar-refractivity contribution is 6.05. The predicted octanol–water partition coefficient (Wildman–Crippen LogP) is 2.82. The first kappa shape index (κ1) is 16.8. The first-order valence-corrected chi connectivity index (χ1v) is 8.52. The number of para-hydroxylation sites is 2. The van der Waals surface area contributed by atoms with E-state index >= 15 is 0 Å². The summed E-state index contributed by atoms with van der Waals surface area (Å²) in [4.78, 5) is 17.5. The molecule has 4 aromatic rings. The number of rotatable bonds is 5. The van der Waals surface area contributed by atoms with E-state index in [1.54, 1.807) is 25.6 Å². The molecule has 1 amide bonds. The summed E-state index contributed by atoms with van der Waals surface area (Å²) >= 11 is 0. The second-order valence-corrected chi connectivity index (χ2v) is 6.18. The Labute approximate surface area is 156 Å². The zero-order valence-corrected chi connectivity index (χ0v) is 15.0. The Morgan fingerprint density at radius 3 is 2.85 bits per heavy atom. The number of aromatic amines is 1. The highest BCUT2D eigenvalue weighted by Crippen LogP contribution is 2.29. The van der Waals surface area contributed by atoms with Gasteiger partial charge in [0.1, 0.15) is 17.6 Å². The molecular weight excluding hydrogens is 342 g/mol. The van der Waals surface area contributed by atoms with E-state index in [0.717, 1.165) is 10.9 Å². The van der Waals surface area contributed by atoms with Gasteiger partial charge >= 0.3 is 0 Å². The number of benzene rings is 2. The van der Waals surface area contributed by atoms with Gasteiger partial charge < -0.3 is 14.6 Å². The van der Waals surface area contributed by atoms with E-state index in [2.05, 4.69) is 20.5 Å². The van der Waals surface area contributed by atoms with Crippen LogP contribution in [0.2, 0.25) is 0 Å². The number of amides is 1. The number of imidazole rings is 1. The molecule has 136 valence electrons. The molecule has 27 heavy (non-hydrogen) atoms. The lowest BCUT2D eigenvalue weighted by atomic mass is 10.0. The number of hydrogen-bond acceptors (Lipinski definition) is 4. The topological polar surface area (TPSA) is 84.8 Å². The lowest BCUT2D eigenvalue weighted by molar-refractivity contribution is 0.0942. The minimum absolute atomic E-state index is 0.219. The maximum Gasteiger partial charge on any atom is 0.254 e. The molecule has 4 rings (SSSR count). The largest absolute Gasteiger partial charge is 0.496 e. The summed E-state index contributed by atoms with van der Waals surface area (Å²) in [5, 5.41) is 10.9. The Bertz CT molecular complexity index is 1100. The number of carbonyl (C=O) groups excluding carboxylic acids is 1. The van der Waals surface area contributed by atoms with E-state index in [-0.39, 0.29) is 5.91 Å². The lowest BCUT2D eigenvalue weighted by Gasteiger charge is -2.21. The van der Waals surface area contributed by atoms with Crippen LogP contribution < -0.4 is 10.1 Å². The molecule has 0 aliphatic heterocycles. The lowest BCUT2D eigenvalue weighted by Crippen LogP contribution is -2.31. The van der Waals surface area contributed by atoms with Gasteiger partial charge in [0.05, 0.1) is 24.4 Å². The van der Waals surface area contributed by atoms with Crippen molar-refractivity contribution in [3.05, 3.63) is 78.0 Å². The maximum atomic E-state index is 13.1. The van der Waals surface area contributed by atoms with Crippen molar-refractivity contribution in [2.75, 3.05) is 7.11 Å². The quantitative estimate of drug-likeness (QED) is 0.572. The van der Waals surface area contributed by atoms with Gasteiger partial charge in [-0.1, -0.05) is 30.3 Å². The van der Waals surface area contributed by atoms with Crippen LogP contribution in [0.3, 0.4) is 0 Å². The standard InChI is InChI=1S/C20H19N5O2/c1-25-11-10-21-19(25)18(14-7-3-4-9-16(14)27-2)23-20(26)15-8-5-6-13-12-22-24-17(13)15/h3-12,18H,1-2H3,(H,22,24)(H,23,26). The van der Waals surface area contributed by atoms with Gasteiger partial charge in [-0.15, -0.1) is 0 Å². The number of nitrogens with zero attached hydrogens (tertiary/aromatic N) is 3.